The molecule has 3 atom stereocenters. The van der Waals surface area contributed by atoms with Crippen LogP contribution in [0.3, 0.4) is 0 Å². The van der Waals surface area contributed by atoms with E-state index in [-0.39, 0.29) is 0 Å². The molecule has 1 heterocycles. The Morgan fingerprint density at radius 3 is 2.93 bits per heavy atom. The topological polar surface area (TPSA) is 21.3 Å². The maximum Gasteiger partial charge on any atom is 0.0779 e. The van der Waals surface area contributed by atoms with E-state index in [9.17, 15) is 0 Å². The Hall–Kier alpha value is -0.0800. The van der Waals surface area contributed by atoms with Crippen molar-refractivity contribution in [3.63, 3.8) is 0 Å². The molecule has 1 aliphatic carbocycles. The van der Waals surface area contributed by atoms with Crippen molar-refractivity contribution in [2.24, 2.45) is 5.41 Å². The molecule has 2 fully saturated rings. The van der Waals surface area contributed by atoms with Crippen molar-refractivity contribution in [2.45, 2.75) is 64.6 Å². The first-order valence-corrected chi connectivity index (χ1v) is 6.01. The summed E-state index contributed by atoms with van der Waals surface area (Å²) < 4.78 is 6.04. The van der Waals surface area contributed by atoms with Gasteiger partial charge in [0.2, 0.25) is 0 Å². The maximum atomic E-state index is 6.04. The summed E-state index contributed by atoms with van der Waals surface area (Å²) in [6, 6.07) is 1.20. The highest BCUT2D eigenvalue weighted by molar-refractivity contribution is 4.97. The van der Waals surface area contributed by atoms with Crippen molar-refractivity contribution >= 4 is 0 Å². The number of morpholine rings is 1. The van der Waals surface area contributed by atoms with Crippen LogP contribution in [0.15, 0.2) is 0 Å². The molecule has 0 amide bonds. The van der Waals surface area contributed by atoms with Gasteiger partial charge in [-0.2, -0.15) is 0 Å². The lowest BCUT2D eigenvalue weighted by Crippen LogP contribution is -2.60. The number of hydrogen-bond donors (Lipinski definition) is 1. The Morgan fingerprint density at radius 2 is 2.21 bits per heavy atom. The molecule has 1 saturated carbocycles. The maximum absolute atomic E-state index is 6.04. The summed E-state index contributed by atoms with van der Waals surface area (Å²) in [7, 11) is 0. The predicted octanol–water partition coefficient (Wildman–Crippen LogP) is 2.33. The number of rotatable bonds is 1. The zero-order valence-electron chi connectivity index (χ0n) is 9.68. The molecule has 0 spiro atoms. The molecule has 1 N–H and O–H groups in total. The van der Waals surface area contributed by atoms with Crippen LogP contribution in [0.2, 0.25) is 0 Å². The molecule has 2 aliphatic rings. The summed E-state index contributed by atoms with van der Waals surface area (Å²) in [6.45, 7) is 7.83. The summed E-state index contributed by atoms with van der Waals surface area (Å²) in [6.07, 6.45) is 5.58. The van der Waals surface area contributed by atoms with Crippen LogP contribution >= 0.6 is 0 Å². The van der Waals surface area contributed by atoms with Crippen LogP contribution in [0.5, 0.6) is 0 Å². The van der Waals surface area contributed by atoms with Crippen LogP contribution < -0.4 is 5.32 Å². The Bertz CT molecular complexity index is 202. The third-order valence-electron chi connectivity index (χ3n) is 3.89. The molecule has 0 aromatic carbocycles. The van der Waals surface area contributed by atoms with Crippen molar-refractivity contribution in [3.8, 4) is 0 Å². The third kappa shape index (κ3) is 1.82. The van der Waals surface area contributed by atoms with E-state index in [0.29, 0.717) is 23.6 Å². The fraction of sp³-hybridized carbons (Fsp3) is 1.00. The largest absolute Gasteiger partial charge is 0.374 e. The standard InChI is InChI=1S/C12H23NO/c1-4-9-8-14-11-10(13-9)6-5-7-12(11,2)3/h9-11,13H,4-8H2,1-3H3. The fourth-order valence-corrected chi connectivity index (χ4v) is 2.93. The summed E-state index contributed by atoms with van der Waals surface area (Å²) in [5.74, 6) is 0. The van der Waals surface area contributed by atoms with Crippen LogP contribution in [0.25, 0.3) is 0 Å². The monoisotopic (exact) mass is 197 g/mol. The average Bonchev–Trinajstić information content (AvgIpc) is 2.16. The number of hydrogen-bond acceptors (Lipinski definition) is 2. The smallest absolute Gasteiger partial charge is 0.0779 e. The Labute approximate surface area is 87.4 Å². The van der Waals surface area contributed by atoms with Gasteiger partial charge in [-0.05, 0) is 24.7 Å². The van der Waals surface area contributed by atoms with Crippen molar-refractivity contribution in [3.05, 3.63) is 0 Å². The third-order valence-corrected chi connectivity index (χ3v) is 3.89. The van der Waals surface area contributed by atoms with Crippen LogP contribution in [-0.4, -0.2) is 24.8 Å². The van der Waals surface area contributed by atoms with Gasteiger partial charge in [0, 0.05) is 12.1 Å². The van der Waals surface area contributed by atoms with Crippen molar-refractivity contribution < 1.29 is 4.74 Å². The minimum Gasteiger partial charge on any atom is -0.374 e. The molecule has 2 nitrogen and oxygen atoms in total. The molecule has 2 rings (SSSR count). The second kappa shape index (κ2) is 3.82. The first-order chi connectivity index (χ1) is 6.63. The van der Waals surface area contributed by atoms with Gasteiger partial charge in [0.15, 0.2) is 0 Å². The van der Waals surface area contributed by atoms with Gasteiger partial charge in [-0.3, -0.25) is 0 Å². The van der Waals surface area contributed by atoms with Crippen molar-refractivity contribution in [1.29, 1.82) is 0 Å². The molecule has 0 aromatic rings. The fourth-order valence-electron chi connectivity index (χ4n) is 2.93. The molecular weight excluding hydrogens is 174 g/mol. The molecule has 1 saturated heterocycles. The van der Waals surface area contributed by atoms with E-state index in [1.54, 1.807) is 0 Å². The first kappa shape index (κ1) is 10.4. The average molecular weight is 197 g/mol. The van der Waals surface area contributed by atoms with E-state index in [4.69, 9.17) is 4.74 Å². The quantitative estimate of drug-likeness (QED) is 0.696. The molecule has 0 aromatic heterocycles. The second-order valence-electron chi connectivity index (χ2n) is 5.51. The van der Waals surface area contributed by atoms with Crippen LogP contribution in [0, 0.1) is 5.41 Å². The summed E-state index contributed by atoms with van der Waals surface area (Å²) >= 11 is 0. The van der Waals surface area contributed by atoms with Crippen LogP contribution in [-0.2, 0) is 4.74 Å². The van der Waals surface area contributed by atoms with E-state index in [1.165, 1.54) is 25.7 Å². The zero-order valence-corrected chi connectivity index (χ0v) is 9.68. The van der Waals surface area contributed by atoms with E-state index < -0.39 is 0 Å². The Morgan fingerprint density at radius 1 is 1.43 bits per heavy atom. The summed E-state index contributed by atoms with van der Waals surface area (Å²) in [5.41, 5.74) is 0.370. The van der Waals surface area contributed by atoms with Gasteiger partial charge in [-0.1, -0.05) is 27.2 Å². The van der Waals surface area contributed by atoms with E-state index in [0.717, 1.165) is 6.61 Å². The van der Waals surface area contributed by atoms with E-state index >= 15 is 0 Å². The van der Waals surface area contributed by atoms with Crippen LogP contribution in [0.1, 0.15) is 46.5 Å². The highest BCUT2D eigenvalue weighted by Crippen LogP contribution is 2.39. The zero-order chi connectivity index (χ0) is 10.2. The van der Waals surface area contributed by atoms with Gasteiger partial charge in [0.25, 0.3) is 0 Å². The van der Waals surface area contributed by atoms with Gasteiger partial charge in [-0.15, -0.1) is 0 Å². The first-order valence-electron chi connectivity index (χ1n) is 6.01. The lowest BCUT2D eigenvalue weighted by Gasteiger charge is -2.48. The van der Waals surface area contributed by atoms with Gasteiger partial charge in [-0.25, -0.2) is 0 Å². The van der Waals surface area contributed by atoms with Gasteiger partial charge < -0.3 is 10.1 Å². The van der Waals surface area contributed by atoms with Gasteiger partial charge in [0.1, 0.15) is 0 Å². The highest BCUT2D eigenvalue weighted by Gasteiger charge is 2.42. The lowest BCUT2D eigenvalue weighted by atomic mass is 9.71. The molecule has 2 heteroatoms. The molecule has 1 aliphatic heterocycles. The highest BCUT2D eigenvalue weighted by atomic mass is 16.5. The minimum absolute atomic E-state index is 0.370. The molecule has 14 heavy (non-hydrogen) atoms. The lowest BCUT2D eigenvalue weighted by molar-refractivity contribution is -0.108. The molecule has 82 valence electrons. The summed E-state index contributed by atoms with van der Waals surface area (Å²) in [4.78, 5) is 0. The van der Waals surface area contributed by atoms with Crippen LogP contribution in [0.4, 0.5) is 0 Å². The predicted molar refractivity (Wildman–Crippen MR) is 58.4 cm³/mol. The van der Waals surface area contributed by atoms with Gasteiger partial charge >= 0.3 is 0 Å². The Kier molecular flexibility index (Phi) is 2.85. The molecular formula is C12H23NO. The SMILES string of the molecule is CCC1COC2C(CCCC2(C)C)N1. The number of fused-ring (bicyclic) bond motifs is 1. The minimum atomic E-state index is 0.370. The van der Waals surface area contributed by atoms with E-state index in [2.05, 4.69) is 26.1 Å². The Balaban J connectivity index is 2.03. The van der Waals surface area contributed by atoms with Crippen molar-refractivity contribution in [2.75, 3.05) is 6.61 Å². The second-order valence-corrected chi connectivity index (χ2v) is 5.51. The molecule has 0 bridgehead atoms. The van der Waals surface area contributed by atoms with Crippen molar-refractivity contribution in [1.82, 2.24) is 5.32 Å². The normalized spacial score (nSPS) is 41.8. The van der Waals surface area contributed by atoms with E-state index in [1.807, 2.05) is 0 Å². The molecule has 0 radical (unpaired) electrons. The molecule has 3 unspecified atom stereocenters. The number of nitrogens with one attached hydrogen (secondary N) is 1. The number of ether oxygens (including phenoxy) is 1. The summed E-state index contributed by atoms with van der Waals surface area (Å²) in [5, 5.41) is 3.74. The van der Waals surface area contributed by atoms with Gasteiger partial charge in [0.05, 0.1) is 12.7 Å².